The molecule has 3 N–H and O–H groups in total. The molecule has 1 aromatic heterocycles. The molecular weight excluding hydrogens is 264 g/mol. The van der Waals surface area contributed by atoms with Crippen molar-refractivity contribution in [1.29, 1.82) is 0 Å². The minimum Gasteiger partial charge on any atom is -0.456 e. The second-order valence-electron chi connectivity index (χ2n) is 5.09. The molecule has 0 atom stereocenters. The van der Waals surface area contributed by atoms with Crippen LogP contribution in [0.25, 0.3) is 0 Å². The lowest BCUT2D eigenvalue weighted by Crippen LogP contribution is -2.20. The van der Waals surface area contributed by atoms with Gasteiger partial charge in [-0.15, -0.1) is 0 Å². The number of nitrogens with zero attached hydrogens (tertiary/aromatic N) is 2. The quantitative estimate of drug-likeness (QED) is 0.906. The lowest BCUT2D eigenvalue weighted by molar-refractivity contribution is 0.415. The summed E-state index contributed by atoms with van der Waals surface area (Å²) in [5, 5.41) is 3.16. The number of aromatic nitrogens is 1. The van der Waals surface area contributed by atoms with Crippen molar-refractivity contribution in [3.8, 4) is 5.75 Å². The van der Waals surface area contributed by atoms with Gasteiger partial charge in [0.1, 0.15) is 11.6 Å². The average Bonchev–Trinajstić information content (AvgIpc) is 2.49. The highest BCUT2D eigenvalue weighted by molar-refractivity contribution is 5.63. The second-order valence-corrected chi connectivity index (χ2v) is 5.09. The van der Waals surface area contributed by atoms with Crippen LogP contribution in [0.5, 0.6) is 5.75 Å². The van der Waals surface area contributed by atoms with E-state index >= 15 is 0 Å². The van der Waals surface area contributed by atoms with Crippen molar-refractivity contribution in [2.75, 3.05) is 17.3 Å². The van der Waals surface area contributed by atoms with E-state index in [1.807, 2.05) is 38.4 Å². The van der Waals surface area contributed by atoms with Crippen molar-refractivity contribution in [2.45, 2.75) is 13.5 Å². The number of hydrogen-bond acceptors (Lipinski definition) is 5. The van der Waals surface area contributed by atoms with Gasteiger partial charge in [-0.05, 0) is 36.8 Å². The van der Waals surface area contributed by atoms with Crippen molar-refractivity contribution in [3.05, 3.63) is 59.9 Å². The van der Waals surface area contributed by atoms with Gasteiger partial charge in [0.05, 0.1) is 17.6 Å². The Morgan fingerprint density at radius 1 is 1.33 bits per heavy atom. The summed E-state index contributed by atoms with van der Waals surface area (Å²) >= 11 is 0. The number of nitrogens with two attached hydrogens (primary N) is 1. The van der Waals surface area contributed by atoms with Crippen LogP contribution in [0.4, 0.5) is 11.4 Å². The van der Waals surface area contributed by atoms with Crippen LogP contribution in [0, 0.1) is 0 Å². The molecule has 3 rings (SSSR count). The normalized spacial score (nSPS) is 13.2. The van der Waals surface area contributed by atoms with Gasteiger partial charge in [0.2, 0.25) is 0 Å². The van der Waals surface area contributed by atoms with Crippen LogP contribution in [0.15, 0.2) is 54.3 Å². The summed E-state index contributed by atoms with van der Waals surface area (Å²) in [7, 11) is 2.04. The predicted molar refractivity (Wildman–Crippen MR) is 83.9 cm³/mol. The van der Waals surface area contributed by atoms with Crippen LogP contribution in [0.2, 0.25) is 0 Å². The molecule has 0 amide bonds. The van der Waals surface area contributed by atoms with Gasteiger partial charge in [-0.3, -0.25) is 4.98 Å². The number of allylic oxidation sites excluding steroid dienone is 1. The standard InChI is InChI=1S/C16H18N4O/c1-11-16(17)19-14-8-12(5-6-15(14)21-11)10-20(2)13-4-3-7-18-9-13/h3-9,19H,10,17H2,1-2H3. The molecule has 0 radical (unpaired) electrons. The molecule has 0 spiro atoms. The first kappa shape index (κ1) is 13.3. The van der Waals surface area contributed by atoms with Gasteiger partial charge in [0.25, 0.3) is 0 Å². The fourth-order valence-corrected chi connectivity index (χ4v) is 2.26. The Bertz CT molecular complexity index is 682. The first-order valence-corrected chi connectivity index (χ1v) is 6.79. The van der Waals surface area contributed by atoms with Crippen LogP contribution in [0.1, 0.15) is 12.5 Å². The van der Waals surface area contributed by atoms with E-state index in [9.17, 15) is 0 Å². The Balaban J connectivity index is 1.79. The maximum atomic E-state index is 5.86. The van der Waals surface area contributed by atoms with Crippen molar-refractivity contribution in [2.24, 2.45) is 5.73 Å². The van der Waals surface area contributed by atoms with Gasteiger partial charge in [-0.1, -0.05) is 6.07 Å². The van der Waals surface area contributed by atoms with E-state index in [1.54, 1.807) is 6.20 Å². The lowest BCUT2D eigenvalue weighted by atomic mass is 10.1. The molecule has 2 aromatic rings. The van der Waals surface area contributed by atoms with E-state index in [4.69, 9.17) is 10.5 Å². The highest BCUT2D eigenvalue weighted by atomic mass is 16.5. The van der Waals surface area contributed by atoms with Crippen molar-refractivity contribution in [1.82, 2.24) is 4.98 Å². The summed E-state index contributed by atoms with van der Waals surface area (Å²) in [4.78, 5) is 6.28. The summed E-state index contributed by atoms with van der Waals surface area (Å²) in [5.74, 6) is 2.05. The largest absolute Gasteiger partial charge is 0.456 e. The summed E-state index contributed by atoms with van der Waals surface area (Å²) in [6.07, 6.45) is 3.62. The molecule has 108 valence electrons. The monoisotopic (exact) mass is 282 g/mol. The van der Waals surface area contributed by atoms with E-state index in [0.29, 0.717) is 11.6 Å². The molecule has 5 heteroatoms. The molecule has 0 unspecified atom stereocenters. The molecule has 5 nitrogen and oxygen atoms in total. The van der Waals surface area contributed by atoms with Crippen molar-refractivity contribution < 1.29 is 4.74 Å². The molecule has 0 saturated carbocycles. The molecule has 0 saturated heterocycles. The third kappa shape index (κ3) is 2.76. The zero-order chi connectivity index (χ0) is 14.8. The summed E-state index contributed by atoms with van der Waals surface area (Å²) in [6, 6.07) is 10.0. The molecule has 0 fully saturated rings. The lowest BCUT2D eigenvalue weighted by Gasteiger charge is -2.23. The highest BCUT2D eigenvalue weighted by Gasteiger charge is 2.15. The molecular formula is C16H18N4O. The van der Waals surface area contributed by atoms with Crippen LogP contribution in [0.3, 0.4) is 0 Å². The molecule has 1 aliphatic rings. The number of hydrogen-bond donors (Lipinski definition) is 2. The number of rotatable bonds is 3. The summed E-state index contributed by atoms with van der Waals surface area (Å²) in [5.41, 5.74) is 9.01. The fraction of sp³-hybridized carbons (Fsp3) is 0.188. The third-order valence-electron chi connectivity index (χ3n) is 3.46. The van der Waals surface area contributed by atoms with E-state index in [0.717, 1.165) is 23.7 Å². The Morgan fingerprint density at radius 3 is 2.95 bits per heavy atom. The van der Waals surface area contributed by atoms with Crippen LogP contribution >= 0.6 is 0 Å². The molecule has 2 heterocycles. The maximum Gasteiger partial charge on any atom is 0.150 e. The molecule has 21 heavy (non-hydrogen) atoms. The summed E-state index contributed by atoms with van der Waals surface area (Å²) in [6.45, 7) is 2.62. The Labute approximate surface area is 124 Å². The number of ether oxygens (including phenoxy) is 1. The van der Waals surface area contributed by atoms with Crippen molar-refractivity contribution >= 4 is 11.4 Å². The average molecular weight is 282 g/mol. The van der Waals surface area contributed by atoms with Gasteiger partial charge in [-0.2, -0.15) is 0 Å². The Morgan fingerprint density at radius 2 is 2.19 bits per heavy atom. The van der Waals surface area contributed by atoms with Gasteiger partial charge in [0, 0.05) is 19.8 Å². The van der Waals surface area contributed by atoms with E-state index < -0.39 is 0 Å². The molecule has 1 aliphatic heterocycles. The minimum atomic E-state index is 0.556. The maximum absolute atomic E-state index is 5.86. The van der Waals surface area contributed by atoms with Gasteiger partial charge in [-0.25, -0.2) is 0 Å². The first-order valence-electron chi connectivity index (χ1n) is 6.79. The van der Waals surface area contributed by atoms with Crippen LogP contribution < -0.4 is 20.7 Å². The Hall–Kier alpha value is -2.69. The van der Waals surface area contributed by atoms with Gasteiger partial charge < -0.3 is 20.7 Å². The summed E-state index contributed by atoms with van der Waals surface area (Å²) < 4.78 is 5.66. The van der Waals surface area contributed by atoms with Crippen LogP contribution in [-0.4, -0.2) is 12.0 Å². The van der Waals surface area contributed by atoms with Gasteiger partial charge in [0.15, 0.2) is 5.75 Å². The number of anilines is 2. The minimum absolute atomic E-state index is 0.556. The van der Waals surface area contributed by atoms with Gasteiger partial charge >= 0.3 is 0 Å². The first-order chi connectivity index (χ1) is 10.1. The van der Waals surface area contributed by atoms with E-state index in [1.165, 1.54) is 5.56 Å². The second kappa shape index (κ2) is 5.36. The molecule has 0 bridgehead atoms. The molecule has 1 aromatic carbocycles. The number of pyridine rings is 1. The van der Waals surface area contributed by atoms with E-state index in [2.05, 4.69) is 27.3 Å². The molecule has 0 aliphatic carbocycles. The van der Waals surface area contributed by atoms with E-state index in [-0.39, 0.29) is 0 Å². The number of nitrogens with one attached hydrogen (secondary N) is 1. The van der Waals surface area contributed by atoms with Crippen molar-refractivity contribution in [3.63, 3.8) is 0 Å². The topological polar surface area (TPSA) is 63.4 Å². The number of fused-ring (bicyclic) bond motifs is 1. The smallest absolute Gasteiger partial charge is 0.150 e. The number of benzene rings is 1. The highest BCUT2D eigenvalue weighted by Crippen LogP contribution is 2.32. The predicted octanol–water partition coefficient (Wildman–Crippen LogP) is 2.67. The fourth-order valence-electron chi connectivity index (χ4n) is 2.26. The zero-order valence-electron chi connectivity index (χ0n) is 12.1. The Kier molecular flexibility index (Phi) is 3.39. The zero-order valence-corrected chi connectivity index (χ0v) is 12.1. The third-order valence-corrected chi connectivity index (χ3v) is 3.46. The van der Waals surface area contributed by atoms with Crippen LogP contribution in [-0.2, 0) is 6.54 Å². The SMILES string of the molecule is CC1=C(N)Nc2cc(CN(C)c3cccnc3)ccc2O1.